The van der Waals surface area contributed by atoms with Gasteiger partial charge >= 0.3 is 0 Å². The summed E-state index contributed by atoms with van der Waals surface area (Å²) in [4.78, 5) is 14.4. The molecule has 4 heteroatoms. The number of fused-ring (bicyclic) bond motifs is 2. The number of carbonyl (C=O) groups is 1. The van der Waals surface area contributed by atoms with Gasteiger partial charge < -0.3 is 10.2 Å². The molecule has 3 atom stereocenters. The minimum atomic E-state index is -0.270. The van der Waals surface area contributed by atoms with E-state index in [-0.39, 0.29) is 17.6 Å². The van der Waals surface area contributed by atoms with Gasteiger partial charge in [0.2, 0.25) is 5.91 Å². The molecule has 3 rings (SSSR count). The van der Waals surface area contributed by atoms with Crippen LogP contribution in [-0.2, 0) is 4.79 Å². The first-order chi connectivity index (χ1) is 9.19. The van der Waals surface area contributed by atoms with Gasteiger partial charge in [-0.2, -0.15) is 0 Å². The van der Waals surface area contributed by atoms with Crippen LogP contribution in [0.25, 0.3) is 0 Å². The number of hydrogen-bond donors (Lipinski definition) is 1. The minimum Gasteiger partial charge on any atom is -0.312 e. The number of anilines is 1. The van der Waals surface area contributed by atoms with E-state index in [0.717, 1.165) is 18.5 Å². The van der Waals surface area contributed by atoms with Crippen molar-refractivity contribution in [1.29, 1.82) is 0 Å². The van der Waals surface area contributed by atoms with E-state index in [0.29, 0.717) is 18.6 Å². The zero-order chi connectivity index (χ0) is 13.4. The lowest BCUT2D eigenvalue weighted by molar-refractivity contribution is -0.122. The summed E-state index contributed by atoms with van der Waals surface area (Å²) in [5.74, 6) is -0.00796. The molecular weight excluding hydrogens is 243 g/mol. The summed E-state index contributed by atoms with van der Waals surface area (Å²) in [6.45, 7) is 2.58. The predicted molar refractivity (Wildman–Crippen MR) is 72.5 cm³/mol. The van der Waals surface area contributed by atoms with Crippen LogP contribution in [0.2, 0.25) is 0 Å². The number of amides is 1. The highest BCUT2D eigenvalue weighted by Crippen LogP contribution is 2.35. The number of halogens is 1. The highest BCUT2D eigenvalue weighted by atomic mass is 19.1. The number of nitrogens with one attached hydrogen (secondary N) is 1. The van der Waals surface area contributed by atoms with E-state index in [9.17, 15) is 9.18 Å². The Bertz CT molecular complexity index is 474. The van der Waals surface area contributed by atoms with Gasteiger partial charge in [-0.1, -0.05) is 0 Å². The standard InChI is InChI=1S/C15H19FN2O/c1-2-18(12-6-3-10(16)4-7-12)15(19)13-9-11-5-8-14(13)17-11/h3-4,6-7,11,13-14,17H,2,5,8-9H2,1H3. The molecule has 3 unspecified atom stereocenters. The molecule has 0 saturated carbocycles. The second-order valence-electron chi connectivity index (χ2n) is 5.45. The van der Waals surface area contributed by atoms with Crippen LogP contribution in [-0.4, -0.2) is 24.5 Å². The summed E-state index contributed by atoms with van der Waals surface area (Å²) >= 11 is 0. The molecule has 2 bridgehead atoms. The fourth-order valence-corrected chi connectivity index (χ4v) is 3.38. The maximum Gasteiger partial charge on any atom is 0.231 e. The maximum atomic E-state index is 13.0. The molecule has 0 aliphatic carbocycles. The van der Waals surface area contributed by atoms with Crippen LogP contribution in [0.4, 0.5) is 10.1 Å². The molecule has 2 fully saturated rings. The van der Waals surface area contributed by atoms with Gasteiger partial charge in [0.15, 0.2) is 0 Å². The molecule has 0 spiro atoms. The normalized spacial score (nSPS) is 28.6. The Hall–Kier alpha value is -1.42. The lowest BCUT2D eigenvalue weighted by atomic mass is 9.88. The molecule has 1 N–H and O–H groups in total. The van der Waals surface area contributed by atoms with E-state index in [4.69, 9.17) is 0 Å². The molecule has 0 radical (unpaired) electrons. The second-order valence-corrected chi connectivity index (χ2v) is 5.45. The molecule has 2 aliphatic heterocycles. The molecule has 102 valence electrons. The Morgan fingerprint density at radius 1 is 1.37 bits per heavy atom. The molecule has 2 aliphatic rings. The molecule has 3 nitrogen and oxygen atoms in total. The van der Waals surface area contributed by atoms with Gasteiger partial charge in [0.1, 0.15) is 5.82 Å². The highest BCUT2D eigenvalue weighted by Gasteiger charge is 2.44. The van der Waals surface area contributed by atoms with Crippen LogP contribution < -0.4 is 10.2 Å². The SMILES string of the molecule is CCN(C(=O)C1CC2CCC1N2)c1ccc(F)cc1. The van der Waals surface area contributed by atoms with Crippen molar-refractivity contribution in [3.8, 4) is 0 Å². The number of carbonyl (C=O) groups excluding carboxylic acids is 1. The van der Waals surface area contributed by atoms with Crippen molar-refractivity contribution in [2.75, 3.05) is 11.4 Å². The van der Waals surface area contributed by atoms with Gasteiger partial charge in [0, 0.05) is 24.3 Å². The van der Waals surface area contributed by atoms with Crippen LogP contribution in [0.1, 0.15) is 26.2 Å². The Kier molecular flexibility index (Phi) is 3.27. The van der Waals surface area contributed by atoms with Crippen molar-refractivity contribution in [3.63, 3.8) is 0 Å². The first-order valence-electron chi connectivity index (χ1n) is 7.02. The van der Waals surface area contributed by atoms with Gasteiger partial charge in [-0.3, -0.25) is 4.79 Å². The first kappa shape index (κ1) is 12.6. The second kappa shape index (κ2) is 4.93. The Morgan fingerprint density at radius 3 is 2.63 bits per heavy atom. The number of hydrogen-bond acceptors (Lipinski definition) is 2. The fourth-order valence-electron chi connectivity index (χ4n) is 3.38. The largest absolute Gasteiger partial charge is 0.312 e. The van der Waals surface area contributed by atoms with Crippen molar-refractivity contribution in [2.45, 2.75) is 38.3 Å². The van der Waals surface area contributed by atoms with E-state index in [1.807, 2.05) is 6.92 Å². The van der Waals surface area contributed by atoms with Crippen LogP contribution in [0, 0.1) is 11.7 Å². The zero-order valence-electron chi connectivity index (χ0n) is 11.1. The first-order valence-corrected chi connectivity index (χ1v) is 7.02. The maximum absolute atomic E-state index is 13.0. The van der Waals surface area contributed by atoms with Crippen LogP contribution in [0.15, 0.2) is 24.3 Å². The van der Waals surface area contributed by atoms with Crippen molar-refractivity contribution < 1.29 is 9.18 Å². The van der Waals surface area contributed by atoms with E-state index in [1.54, 1.807) is 17.0 Å². The smallest absolute Gasteiger partial charge is 0.231 e. The van der Waals surface area contributed by atoms with Crippen LogP contribution in [0.5, 0.6) is 0 Å². The number of benzene rings is 1. The van der Waals surface area contributed by atoms with Crippen LogP contribution in [0.3, 0.4) is 0 Å². The Labute approximate surface area is 112 Å². The lowest BCUT2D eigenvalue weighted by Gasteiger charge is -2.28. The van der Waals surface area contributed by atoms with Gasteiger partial charge in [0.05, 0.1) is 5.92 Å². The molecule has 1 aromatic carbocycles. The van der Waals surface area contributed by atoms with Gasteiger partial charge in [-0.15, -0.1) is 0 Å². The molecule has 1 aromatic rings. The molecule has 2 saturated heterocycles. The monoisotopic (exact) mass is 262 g/mol. The van der Waals surface area contributed by atoms with Crippen molar-refractivity contribution in [1.82, 2.24) is 5.32 Å². The number of nitrogens with zero attached hydrogens (tertiary/aromatic N) is 1. The van der Waals surface area contributed by atoms with Gasteiger partial charge in [0.25, 0.3) is 0 Å². The minimum absolute atomic E-state index is 0.0868. The van der Waals surface area contributed by atoms with Crippen LogP contribution >= 0.6 is 0 Å². The summed E-state index contributed by atoms with van der Waals surface area (Å²) < 4.78 is 13.0. The Morgan fingerprint density at radius 2 is 2.11 bits per heavy atom. The summed E-state index contributed by atoms with van der Waals surface area (Å²) in [5, 5.41) is 3.49. The van der Waals surface area contributed by atoms with E-state index < -0.39 is 0 Å². The topological polar surface area (TPSA) is 32.3 Å². The molecule has 19 heavy (non-hydrogen) atoms. The van der Waals surface area contributed by atoms with Gasteiger partial charge in [-0.05, 0) is 50.5 Å². The fraction of sp³-hybridized carbons (Fsp3) is 0.533. The Balaban J connectivity index is 1.78. The number of rotatable bonds is 3. The molecule has 1 amide bonds. The van der Waals surface area contributed by atoms with E-state index >= 15 is 0 Å². The average molecular weight is 262 g/mol. The zero-order valence-corrected chi connectivity index (χ0v) is 11.1. The third kappa shape index (κ3) is 2.25. The molecule has 2 heterocycles. The highest BCUT2D eigenvalue weighted by molar-refractivity contribution is 5.95. The predicted octanol–water partition coefficient (Wildman–Crippen LogP) is 2.32. The molecular formula is C15H19FN2O. The lowest BCUT2D eigenvalue weighted by Crippen LogP contribution is -2.41. The van der Waals surface area contributed by atoms with Crippen molar-refractivity contribution in [3.05, 3.63) is 30.1 Å². The molecule has 0 aromatic heterocycles. The van der Waals surface area contributed by atoms with Crippen molar-refractivity contribution in [2.24, 2.45) is 5.92 Å². The van der Waals surface area contributed by atoms with E-state index in [1.165, 1.54) is 18.6 Å². The van der Waals surface area contributed by atoms with Gasteiger partial charge in [-0.25, -0.2) is 4.39 Å². The summed E-state index contributed by atoms with van der Waals surface area (Å²) in [5.41, 5.74) is 0.789. The third-order valence-electron chi connectivity index (χ3n) is 4.34. The summed E-state index contributed by atoms with van der Waals surface area (Å²) in [7, 11) is 0. The average Bonchev–Trinajstić information content (AvgIpc) is 3.04. The summed E-state index contributed by atoms with van der Waals surface area (Å²) in [6.07, 6.45) is 3.24. The van der Waals surface area contributed by atoms with E-state index in [2.05, 4.69) is 5.32 Å². The summed E-state index contributed by atoms with van der Waals surface area (Å²) in [6, 6.07) is 7.03. The quantitative estimate of drug-likeness (QED) is 0.906. The third-order valence-corrected chi connectivity index (χ3v) is 4.34. The van der Waals surface area contributed by atoms with Crippen molar-refractivity contribution >= 4 is 11.6 Å².